The van der Waals surface area contributed by atoms with Crippen LogP contribution in [0, 0.1) is 0 Å². The number of rotatable bonds is 22. The van der Waals surface area contributed by atoms with E-state index in [1.54, 1.807) is 29.5 Å². The molecule has 1 atom stereocenters. The van der Waals surface area contributed by atoms with Gasteiger partial charge in [-0.1, -0.05) is 42.2 Å². The molecule has 2 aromatic carbocycles. The van der Waals surface area contributed by atoms with Gasteiger partial charge in [-0.2, -0.15) is 21.4 Å². The third-order valence-corrected chi connectivity index (χ3v) is 13.9. The molecular formula is C41H51N2O11S4+. The second-order valence-corrected chi connectivity index (χ2v) is 19.9. The van der Waals surface area contributed by atoms with E-state index in [9.17, 15) is 35.8 Å². The van der Waals surface area contributed by atoms with Gasteiger partial charge in [0.1, 0.15) is 6.54 Å². The molecule has 2 aliphatic rings. The van der Waals surface area contributed by atoms with Gasteiger partial charge in [0, 0.05) is 63.7 Å². The van der Waals surface area contributed by atoms with Crippen molar-refractivity contribution in [2.45, 2.75) is 99.2 Å². The summed E-state index contributed by atoms with van der Waals surface area (Å²) in [4.78, 5) is 15.0. The van der Waals surface area contributed by atoms with Crippen LogP contribution in [0.25, 0.3) is 0 Å². The van der Waals surface area contributed by atoms with E-state index in [4.69, 9.17) is 9.59 Å². The Kier molecular flexibility index (Phi) is 15.4. The number of carbonyl (C=O) groups is 1. The Labute approximate surface area is 349 Å². The molecule has 17 heteroatoms. The lowest BCUT2D eigenvalue weighted by Gasteiger charge is -2.30. The van der Waals surface area contributed by atoms with E-state index in [0.29, 0.717) is 37.1 Å². The first kappa shape index (κ1) is 45.4. The van der Waals surface area contributed by atoms with Gasteiger partial charge in [0.05, 0.1) is 28.1 Å². The molecular weight excluding hydrogens is 825 g/mol. The smallest absolute Gasteiger partial charge is 0.303 e. The fourth-order valence-corrected chi connectivity index (χ4v) is 10.1. The second-order valence-electron chi connectivity index (χ2n) is 15.1. The molecule has 58 heavy (non-hydrogen) atoms. The first-order valence-electron chi connectivity index (χ1n) is 19.0. The largest absolute Gasteiger partial charge is 0.481 e. The van der Waals surface area contributed by atoms with Gasteiger partial charge in [0.15, 0.2) is 5.71 Å². The number of hydrogen-bond donors (Lipinski definition) is 4. The third kappa shape index (κ3) is 11.3. The predicted molar refractivity (Wildman–Crippen MR) is 226 cm³/mol. The number of carboxylic acids is 1. The molecule has 0 spiro atoms. The first-order valence-corrected chi connectivity index (χ1v) is 23.7. The number of carboxylic acid groups (broad SMARTS) is 1. The quantitative estimate of drug-likeness (QED) is 0.0143. The Morgan fingerprint density at radius 2 is 1.72 bits per heavy atom. The standard InChI is InChI=1S/C41H50N2O11S4/c1-40(2)33-29-32(58(50,51)52)20-22-35(33)42(24-11-9-14-30-15-12-26-55-30)37(40)16-6-4-7-17-38-41(3,23-10-5-8-18-39(44)45)34-28-31(56-54-53-46)19-21-36(34)43(38)25-13-27-57(47,48)49/h4,6-7,12,15-17,19-22,26,28-29H,5,8-11,13-14,18,23-25,27H2,1-3H3,(H3-,44,45,46,47,48,49,50,51,52)/p+1. The summed E-state index contributed by atoms with van der Waals surface area (Å²) >= 11 is 2.56. The monoisotopic (exact) mass is 875 g/mol. The van der Waals surface area contributed by atoms with Crippen molar-refractivity contribution < 1.29 is 55.0 Å². The van der Waals surface area contributed by atoms with Gasteiger partial charge in [-0.05, 0) is 106 Å². The van der Waals surface area contributed by atoms with E-state index < -0.39 is 42.8 Å². The highest BCUT2D eigenvalue weighted by Crippen LogP contribution is 2.52. The summed E-state index contributed by atoms with van der Waals surface area (Å²) in [5.74, 6) is -1.27. The lowest BCUT2D eigenvalue weighted by molar-refractivity contribution is -0.438. The SMILES string of the molecule is CC1(C)C(/C=C/C=C/C=C2/N(CCCS(=O)(=O)O)c3ccc(SOOO)cc3C2(C)CCCCCC(=O)O)=[N+](CCCCc2cccs2)c2ccc(S(=O)(=O)O)cc21. The van der Waals surface area contributed by atoms with E-state index in [1.165, 1.54) is 10.9 Å². The van der Waals surface area contributed by atoms with Crippen LogP contribution in [0.2, 0.25) is 0 Å². The fraction of sp³-hybridized carbons (Fsp3) is 0.415. The van der Waals surface area contributed by atoms with Crippen molar-refractivity contribution in [1.29, 1.82) is 0 Å². The van der Waals surface area contributed by atoms with Crippen molar-refractivity contribution in [3.05, 3.63) is 106 Å². The number of anilines is 1. The number of thiophene rings is 1. The number of aryl methyl sites for hydroxylation is 1. The van der Waals surface area contributed by atoms with Gasteiger partial charge in [0.25, 0.3) is 20.2 Å². The van der Waals surface area contributed by atoms with Crippen LogP contribution in [0.3, 0.4) is 0 Å². The highest BCUT2D eigenvalue weighted by Gasteiger charge is 2.45. The summed E-state index contributed by atoms with van der Waals surface area (Å²) in [7, 11) is -8.61. The van der Waals surface area contributed by atoms with Crippen molar-refractivity contribution in [3.8, 4) is 0 Å². The molecule has 0 amide bonds. The third-order valence-electron chi connectivity index (χ3n) is 10.7. The van der Waals surface area contributed by atoms with Gasteiger partial charge in [-0.3, -0.25) is 13.9 Å². The van der Waals surface area contributed by atoms with Crippen LogP contribution >= 0.6 is 23.4 Å². The summed E-state index contributed by atoms with van der Waals surface area (Å²) in [5.41, 5.74) is 4.10. The maximum Gasteiger partial charge on any atom is 0.303 e. The molecule has 0 fully saturated rings. The molecule has 0 saturated heterocycles. The summed E-state index contributed by atoms with van der Waals surface area (Å²) in [6, 6.07) is 14.5. The lowest BCUT2D eigenvalue weighted by Crippen LogP contribution is -2.30. The molecule has 1 aromatic heterocycles. The zero-order valence-electron chi connectivity index (χ0n) is 32.7. The zero-order chi connectivity index (χ0) is 42.1. The van der Waals surface area contributed by atoms with Gasteiger partial charge >= 0.3 is 5.97 Å². The number of unbranched alkanes of at least 4 members (excludes halogenated alkanes) is 3. The van der Waals surface area contributed by atoms with Crippen molar-refractivity contribution in [1.82, 2.24) is 0 Å². The maximum absolute atomic E-state index is 12.1. The molecule has 1 unspecified atom stereocenters. The van der Waals surface area contributed by atoms with Crippen LogP contribution in [-0.4, -0.2) is 71.4 Å². The predicted octanol–water partition coefficient (Wildman–Crippen LogP) is 8.91. The van der Waals surface area contributed by atoms with E-state index >= 15 is 0 Å². The van der Waals surface area contributed by atoms with Gasteiger partial charge in [-0.25, -0.2) is 5.26 Å². The molecule has 314 valence electrons. The van der Waals surface area contributed by atoms with Crippen molar-refractivity contribution in [2.75, 3.05) is 23.7 Å². The number of benzene rings is 2. The topological polar surface area (TPSA) is 191 Å². The zero-order valence-corrected chi connectivity index (χ0v) is 36.0. The Balaban J connectivity index is 1.48. The van der Waals surface area contributed by atoms with Crippen molar-refractivity contribution >= 4 is 66.7 Å². The van der Waals surface area contributed by atoms with Crippen LogP contribution in [0.1, 0.15) is 88.1 Å². The average molecular weight is 876 g/mol. The van der Waals surface area contributed by atoms with Crippen LogP contribution in [0.4, 0.5) is 11.4 Å². The van der Waals surface area contributed by atoms with Crippen LogP contribution in [0.15, 0.2) is 99.8 Å². The Morgan fingerprint density at radius 1 is 0.931 bits per heavy atom. The molecule has 0 radical (unpaired) electrons. The minimum Gasteiger partial charge on any atom is -0.481 e. The molecule has 5 rings (SSSR count). The Morgan fingerprint density at radius 3 is 2.41 bits per heavy atom. The summed E-state index contributed by atoms with van der Waals surface area (Å²) in [6.07, 6.45) is 15.4. The van der Waals surface area contributed by atoms with Crippen LogP contribution in [-0.2, 0) is 51.7 Å². The molecule has 13 nitrogen and oxygen atoms in total. The average Bonchev–Trinajstić information content (AvgIpc) is 3.81. The molecule has 0 bridgehead atoms. The molecule has 0 aliphatic carbocycles. The number of nitrogens with zero attached hydrogens (tertiary/aromatic N) is 2. The number of fused-ring (bicyclic) bond motifs is 2. The van der Waals surface area contributed by atoms with Gasteiger partial charge in [0.2, 0.25) is 5.69 Å². The van der Waals surface area contributed by atoms with E-state index in [0.717, 1.165) is 65.2 Å². The molecule has 3 aromatic rings. The summed E-state index contributed by atoms with van der Waals surface area (Å²) in [5, 5.41) is 23.8. The lowest BCUT2D eigenvalue weighted by atomic mass is 9.77. The summed E-state index contributed by atoms with van der Waals surface area (Å²) in [6.45, 7) is 7.14. The van der Waals surface area contributed by atoms with E-state index in [-0.39, 0.29) is 24.3 Å². The Hall–Kier alpha value is -3.65. The minimum absolute atomic E-state index is 0.0707. The maximum atomic E-state index is 12.1. The van der Waals surface area contributed by atoms with Gasteiger partial charge in [-0.15, -0.1) is 15.7 Å². The minimum atomic E-state index is -4.41. The Bertz CT molecular complexity index is 2280. The molecule has 0 saturated carbocycles. The van der Waals surface area contributed by atoms with E-state index in [1.807, 2.05) is 67.3 Å². The number of aliphatic carboxylic acids is 1. The second kappa shape index (κ2) is 19.6. The number of allylic oxidation sites excluding steroid dienone is 6. The van der Waals surface area contributed by atoms with Crippen molar-refractivity contribution in [3.63, 3.8) is 0 Å². The normalized spacial score (nSPS) is 18.6. The molecule has 3 heterocycles. The first-order chi connectivity index (χ1) is 27.5. The molecule has 4 N–H and O–H groups in total. The number of hydrogen-bond acceptors (Lipinski definition) is 11. The van der Waals surface area contributed by atoms with E-state index in [2.05, 4.69) is 28.0 Å². The summed E-state index contributed by atoms with van der Waals surface area (Å²) < 4.78 is 73.9. The highest BCUT2D eigenvalue weighted by atomic mass is 32.2. The molecule has 2 aliphatic heterocycles. The highest BCUT2D eigenvalue weighted by molar-refractivity contribution is 7.94. The fourth-order valence-electron chi connectivity index (χ4n) is 7.92. The van der Waals surface area contributed by atoms with Crippen LogP contribution in [0.5, 0.6) is 0 Å². The van der Waals surface area contributed by atoms with Crippen molar-refractivity contribution in [2.24, 2.45) is 0 Å². The van der Waals surface area contributed by atoms with Gasteiger partial charge < -0.3 is 10.0 Å². The van der Waals surface area contributed by atoms with Crippen LogP contribution < -0.4 is 4.90 Å².